The van der Waals surface area contributed by atoms with Gasteiger partial charge in [-0.05, 0) is 37.6 Å². The molecule has 19 heavy (non-hydrogen) atoms. The van der Waals surface area contributed by atoms with Crippen LogP contribution in [0.1, 0.15) is 23.8 Å². The van der Waals surface area contributed by atoms with Crippen molar-refractivity contribution in [3.63, 3.8) is 0 Å². The molecule has 110 valence electrons. The molecule has 0 aliphatic rings. The lowest BCUT2D eigenvalue weighted by Gasteiger charge is -2.11. The van der Waals surface area contributed by atoms with Gasteiger partial charge in [-0.3, -0.25) is 0 Å². The summed E-state index contributed by atoms with van der Waals surface area (Å²) >= 11 is 3.23. The molecule has 1 heterocycles. The van der Waals surface area contributed by atoms with Crippen molar-refractivity contribution in [3.8, 4) is 0 Å². The Morgan fingerprint density at radius 3 is 2.74 bits per heavy atom. The molecule has 0 aliphatic heterocycles. The predicted octanol–water partition coefficient (Wildman–Crippen LogP) is 2.20. The van der Waals surface area contributed by atoms with Gasteiger partial charge in [0.05, 0.1) is 0 Å². The highest BCUT2D eigenvalue weighted by molar-refractivity contribution is 7.99. The smallest absolute Gasteiger partial charge is 0.241 e. The monoisotopic (exact) mass is 322 g/mol. The van der Waals surface area contributed by atoms with Crippen molar-refractivity contribution in [2.75, 3.05) is 19.8 Å². The molecule has 1 aromatic rings. The summed E-state index contributed by atoms with van der Waals surface area (Å²) in [4.78, 5) is 1.31. The van der Waals surface area contributed by atoms with Gasteiger partial charge in [0.2, 0.25) is 10.0 Å². The lowest BCUT2D eigenvalue weighted by molar-refractivity contribution is 0.577. The number of thiophene rings is 1. The largest absolute Gasteiger partial charge is 0.315 e. The van der Waals surface area contributed by atoms with E-state index in [0.717, 1.165) is 16.9 Å². The summed E-state index contributed by atoms with van der Waals surface area (Å²) in [5.41, 5.74) is 0.820. The number of nitrogens with one attached hydrogen (secondary N) is 2. The van der Waals surface area contributed by atoms with Crippen LogP contribution in [-0.4, -0.2) is 33.5 Å². The van der Waals surface area contributed by atoms with Gasteiger partial charge in [0, 0.05) is 23.2 Å². The van der Waals surface area contributed by atoms with Crippen LogP contribution in [0.4, 0.5) is 0 Å². The Hall–Kier alpha value is -0.0800. The maximum absolute atomic E-state index is 12.3. The van der Waals surface area contributed by atoms with E-state index in [1.54, 1.807) is 11.8 Å². The first-order valence-corrected chi connectivity index (χ1v) is 9.81. The second-order valence-electron chi connectivity index (χ2n) is 4.43. The number of hydrogen-bond acceptors (Lipinski definition) is 5. The second kappa shape index (κ2) is 7.64. The Bertz CT molecular complexity index is 497. The van der Waals surface area contributed by atoms with Gasteiger partial charge < -0.3 is 5.32 Å². The molecule has 0 saturated carbocycles. The van der Waals surface area contributed by atoms with Crippen LogP contribution in [0.15, 0.2) is 10.3 Å². The molecule has 0 bridgehead atoms. The van der Waals surface area contributed by atoms with E-state index in [9.17, 15) is 8.42 Å². The zero-order chi connectivity index (χ0) is 14.5. The third-order valence-corrected chi connectivity index (χ3v) is 6.80. The molecule has 7 heteroatoms. The summed E-state index contributed by atoms with van der Waals surface area (Å²) in [6.07, 6.45) is 2.87. The molecule has 1 atom stereocenters. The summed E-state index contributed by atoms with van der Waals surface area (Å²) in [6.45, 7) is 5.00. The highest BCUT2D eigenvalue weighted by Gasteiger charge is 2.22. The minimum Gasteiger partial charge on any atom is -0.315 e. The van der Waals surface area contributed by atoms with Crippen molar-refractivity contribution < 1.29 is 8.42 Å². The average Bonchev–Trinajstić information content (AvgIpc) is 2.71. The molecule has 0 aliphatic carbocycles. The molecule has 0 spiro atoms. The molecule has 1 aromatic heterocycles. The van der Waals surface area contributed by atoms with Crippen LogP contribution in [0, 0.1) is 6.92 Å². The molecule has 0 saturated heterocycles. The third kappa shape index (κ3) is 4.75. The Balaban J connectivity index is 2.79. The summed E-state index contributed by atoms with van der Waals surface area (Å²) in [5, 5.41) is 5.36. The summed E-state index contributed by atoms with van der Waals surface area (Å²) in [6, 6.07) is 0. The molecule has 0 fully saturated rings. The van der Waals surface area contributed by atoms with Crippen LogP contribution < -0.4 is 10.0 Å². The van der Waals surface area contributed by atoms with Crippen LogP contribution in [0.5, 0.6) is 0 Å². The molecule has 2 N–H and O–H groups in total. The molecular weight excluding hydrogens is 300 g/mol. The van der Waals surface area contributed by atoms with Crippen LogP contribution in [0.2, 0.25) is 0 Å². The minimum absolute atomic E-state index is 0.448. The van der Waals surface area contributed by atoms with E-state index in [4.69, 9.17) is 0 Å². The Labute approximate surface area is 124 Å². The summed E-state index contributed by atoms with van der Waals surface area (Å²) in [5.74, 6) is 0. The van der Waals surface area contributed by atoms with Crippen LogP contribution in [0.25, 0.3) is 0 Å². The van der Waals surface area contributed by atoms with Gasteiger partial charge in [0.1, 0.15) is 4.90 Å². The number of thioether (sulfide) groups is 1. The Kier molecular flexibility index (Phi) is 6.82. The fourth-order valence-electron chi connectivity index (χ4n) is 1.72. The second-order valence-corrected chi connectivity index (χ2v) is 8.38. The first-order valence-electron chi connectivity index (χ1n) is 6.16. The molecule has 0 aromatic carbocycles. The molecule has 1 unspecified atom stereocenters. The van der Waals surface area contributed by atoms with Gasteiger partial charge >= 0.3 is 0 Å². The zero-order valence-corrected chi connectivity index (χ0v) is 14.3. The van der Waals surface area contributed by atoms with Crippen molar-refractivity contribution in [2.24, 2.45) is 0 Å². The third-order valence-electron chi connectivity index (χ3n) is 2.84. The van der Waals surface area contributed by atoms with Crippen LogP contribution in [-0.2, 0) is 16.6 Å². The van der Waals surface area contributed by atoms with Gasteiger partial charge in [0.25, 0.3) is 0 Å². The fraction of sp³-hybridized carbons (Fsp3) is 0.667. The first kappa shape index (κ1) is 17.0. The molecule has 1 rings (SSSR count). The van der Waals surface area contributed by atoms with E-state index in [0.29, 0.717) is 23.2 Å². The normalized spacial score (nSPS) is 13.7. The van der Waals surface area contributed by atoms with Crippen molar-refractivity contribution in [3.05, 3.63) is 15.8 Å². The summed E-state index contributed by atoms with van der Waals surface area (Å²) in [7, 11) is -1.57. The fourth-order valence-corrected chi connectivity index (χ4v) is 4.94. The lowest BCUT2D eigenvalue weighted by Crippen LogP contribution is -2.27. The van der Waals surface area contributed by atoms with Crippen molar-refractivity contribution in [2.45, 2.75) is 37.0 Å². The highest BCUT2D eigenvalue weighted by Crippen LogP contribution is 2.26. The van der Waals surface area contributed by atoms with Gasteiger partial charge in [-0.25, -0.2) is 13.1 Å². The quantitative estimate of drug-likeness (QED) is 0.770. The van der Waals surface area contributed by atoms with Crippen molar-refractivity contribution >= 4 is 33.1 Å². The van der Waals surface area contributed by atoms with E-state index >= 15 is 0 Å². The topological polar surface area (TPSA) is 58.2 Å². The zero-order valence-electron chi connectivity index (χ0n) is 11.8. The van der Waals surface area contributed by atoms with Crippen LogP contribution >= 0.6 is 23.1 Å². The Morgan fingerprint density at radius 1 is 1.47 bits per heavy atom. The number of rotatable bonds is 8. The molecule has 4 nitrogen and oxygen atoms in total. The molecular formula is C12H22N2O2S3. The standard InChI is InChI=1S/C12H22N2O2S3/c1-9-8-18-11(7-13-3)12(9)19(15,16)14-6-5-10(2)17-4/h8,10,13-14H,5-7H2,1-4H3. The van der Waals surface area contributed by atoms with Crippen molar-refractivity contribution in [1.82, 2.24) is 10.0 Å². The van der Waals surface area contributed by atoms with Gasteiger partial charge in [-0.1, -0.05) is 6.92 Å². The molecule has 0 radical (unpaired) electrons. The van der Waals surface area contributed by atoms with E-state index in [1.165, 1.54) is 11.3 Å². The van der Waals surface area contributed by atoms with Crippen LogP contribution in [0.3, 0.4) is 0 Å². The maximum atomic E-state index is 12.3. The first-order chi connectivity index (χ1) is 8.92. The van der Waals surface area contributed by atoms with Gasteiger partial charge in [-0.2, -0.15) is 11.8 Å². The van der Waals surface area contributed by atoms with E-state index < -0.39 is 10.0 Å². The maximum Gasteiger partial charge on any atom is 0.241 e. The van der Waals surface area contributed by atoms with Gasteiger partial charge in [0.15, 0.2) is 0 Å². The lowest BCUT2D eigenvalue weighted by atomic mass is 10.3. The van der Waals surface area contributed by atoms with E-state index in [2.05, 4.69) is 17.0 Å². The molecule has 0 amide bonds. The predicted molar refractivity (Wildman–Crippen MR) is 84.6 cm³/mol. The highest BCUT2D eigenvalue weighted by atomic mass is 32.2. The number of hydrogen-bond donors (Lipinski definition) is 2. The number of aryl methyl sites for hydroxylation is 1. The van der Waals surface area contributed by atoms with Crippen molar-refractivity contribution in [1.29, 1.82) is 0 Å². The number of sulfonamides is 1. The minimum atomic E-state index is -3.39. The average molecular weight is 323 g/mol. The van der Waals surface area contributed by atoms with E-state index in [-0.39, 0.29) is 0 Å². The SMILES string of the molecule is CNCc1scc(C)c1S(=O)(=O)NCCC(C)SC. The van der Waals surface area contributed by atoms with E-state index in [1.807, 2.05) is 25.6 Å². The Morgan fingerprint density at radius 2 is 2.16 bits per heavy atom. The van der Waals surface area contributed by atoms with Gasteiger partial charge in [-0.15, -0.1) is 11.3 Å². The summed E-state index contributed by atoms with van der Waals surface area (Å²) < 4.78 is 27.4.